The van der Waals surface area contributed by atoms with Crippen molar-refractivity contribution in [3.8, 4) is 5.75 Å². The maximum atomic E-state index is 5.12. The van der Waals surface area contributed by atoms with Crippen molar-refractivity contribution in [3.63, 3.8) is 0 Å². The largest absolute Gasteiger partial charge is 0.497 e. The zero-order valence-corrected chi connectivity index (χ0v) is 12.8. The van der Waals surface area contributed by atoms with Gasteiger partial charge in [0.05, 0.1) is 18.5 Å². The van der Waals surface area contributed by atoms with Crippen molar-refractivity contribution in [2.45, 2.75) is 26.7 Å². The number of benzene rings is 2. The molecular weight excluding hydrogens is 260 g/mol. The third-order valence-electron chi connectivity index (χ3n) is 3.38. The van der Waals surface area contributed by atoms with Gasteiger partial charge in [-0.25, -0.2) is 0 Å². The zero-order valence-electron chi connectivity index (χ0n) is 12.8. The summed E-state index contributed by atoms with van der Waals surface area (Å²) in [5.41, 5.74) is 4.27. The molecule has 0 unspecified atom stereocenters. The molecular formula is C18H20N2O. The van der Waals surface area contributed by atoms with Gasteiger partial charge in [0.2, 0.25) is 0 Å². The van der Waals surface area contributed by atoms with Gasteiger partial charge in [-0.15, -0.1) is 0 Å². The predicted molar refractivity (Wildman–Crippen MR) is 87.4 cm³/mol. The first-order valence-electron chi connectivity index (χ1n) is 7.19. The SMILES string of the molecule is CCc1cccc(CC)c1N=C=Nc1ccc(OC)cc1. The van der Waals surface area contributed by atoms with Crippen molar-refractivity contribution in [2.24, 2.45) is 9.98 Å². The first-order valence-corrected chi connectivity index (χ1v) is 7.19. The number of ether oxygens (including phenoxy) is 1. The molecule has 0 aliphatic carbocycles. The highest BCUT2D eigenvalue weighted by Gasteiger charge is 2.03. The van der Waals surface area contributed by atoms with E-state index in [-0.39, 0.29) is 0 Å². The monoisotopic (exact) mass is 280 g/mol. The minimum Gasteiger partial charge on any atom is -0.497 e. The fourth-order valence-electron chi connectivity index (χ4n) is 2.15. The van der Waals surface area contributed by atoms with E-state index in [0.29, 0.717) is 0 Å². The fourth-order valence-corrected chi connectivity index (χ4v) is 2.15. The molecule has 0 radical (unpaired) electrons. The van der Waals surface area contributed by atoms with E-state index in [1.165, 1.54) is 11.1 Å². The summed E-state index contributed by atoms with van der Waals surface area (Å²) >= 11 is 0. The number of methoxy groups -OCH3 is 1. The Morgan fingerprint density at radius 2 is 1.52 bits per heavy atom. The first kappa shape index (κ1) is 15.0. The highest BCUT2D eigenvalue weighted by atomic mass is 16.5. The molecule has 0 bridgehead atoms. The predicted octanol–water partition coefficient (Wildman–Crippen LogP) is 4.96. The topological polar surface area (TPSA) is 34.0 Å². The molecule has 21 heavy (non-hydrogen) atoms. The molecule has 0 N–H and O–H groups in total. The molecule has 0 saturated heterocycles. The molecule has 0 fully saturated rings. The van der Waals surface area contributed by atoms with Crippen molar-refractivity contribution in [1.82, 2.24) is 0 Å². The third-order valence-corrected chi connectivity index (χ3v) is 3.38. The molecule has 3 heteroatoms. The maximum absolute atomic E-state index is 5.12. The third kappa shape index (κ3) is 3.80. The van der Waals surface area contributed by atoms with E-state index in [0.717, 1.165) is 30.0 Å². The summed E-state index contributed by atoms with van der Waals surface area (Å²) in [4.78, 5) is 8.69. The lowest BCUT2D eigenvalue weighted by atomic mass is 10.0. The van der Waals surface area contributed by atoms with Crippen LogP contribution in [0.3, 0.4) is 0 Å². The van der Waals surface area contributed by atoms with Crippen molar-refractivity contribution >= 4 is 17.4 Å². The van der Waals surface area contributed by atoms with E-state index in [2.05, 4.69) is 48.0 Å². The normalized spacial score (nSPS) is 9.86. The Hall–Kier alpha value is -2.38. The molecule has 0 heterocycles. The van der Waals surface area contributed by atoms with Gasteiger partial charge in [-0.3, -0.25) is 0 Å². The van der Waals surface area contributed by atoms with E-state index >= 15 is 0 Å². The number of aryl methyl sites for hydroxylation is 2. The Kier molecular flexibility index (Phi) is 5.30. The van der Waals surface area contributed by atoms with Gasteiger partial charge in [0.25, 0.3) is 0 Å². The summed E-state index contributed by atoms with van der Waals surface area (Å²) in [6, 6.07) is 16.6. The van der Waals surface area contributed by atoms with Gasteiger partial charge < -0.3 is 4.74 Å². The van der Waals surface area contributed by atoms with E-state index < -0.39 is 0 Å². The summed E-state index contributed by atoms with van der Waals surface area (Å²) in [7, 11) is 1.65. The molecule has 2 aromatic rings. The van der Waals surface area contributed by atoms with Crippen molar-refractivity contribution in [2.75, 3.05) is 7.11 Å². The molecule has 3 nitrogen and oxygen atoms in total. The second kappa shape index (κ2) is 7.41. The van der Waals surface area contributed by atoms with Crippen LogP contribution >= 0.6 is 0 Å². The number of rotatable bonds is 5. The molecule has 0 atom stereocenters. The van der Waals surface area contributed by atoms with Crippen LogP contribution in [0.1, 0.15) is 25.0 Å². The summed E-state index contributed by atoms with van der Waals surface area (Å²) in [5.74, 6) is 0.815. The number of hydrogen-bond donors (Lipinski definition) is 0. The smallest absolute Gasteiger partial charge is 0.119 e. The molecule has 0 aliphatic heterocycles. The quantitative estimate of drug-likeness (QED) is 0.713. The van der Waals surface area contributed by atoms with Crippen molar-refractivity contribution in [3.05, 3.63) is 53.6 Å². The highest BCUT2D eigenvalue weighted by Crippen LogP contribution is 2.25. The molecule has 2 aromatic carbocycles. The molecule has 0 amide bonds. The van der Waals surface area contributed by atoms with E-state index in [4.69, 9.17) is 4.74 Å². The lowest BCUT2D eigenvalue weighted by Gasteiger charge is -2.06. The summed E-state index contributed by atoms with van der Waals surface area (Å²) in [5, 5.41) is 0. The Bertz CT molecular complexity index is 631. The van der Waals surface area contributed by atoms with Crippen LogP contribution in [0.2, 0.25) is 0 Å². The Morgan fingerprint density at radius 1 is 0.905 bits per heavy atom. The minimum absolute atomic E-state index is 0.812. The second-order valence-corrected chi connectivity index (χ2v) is 4.65. The van der Waals surface area contributed by atoms with Crippen molar-refractivity contribution in [1.29, 1.82) is 0 Å². The number of nitrogens with zero attached hydrogens (tertiary/aromatic N) is 2. The molecule has 2 rings (SSSR count). The average Bonchev–Trinajstić information content (AvgIpc) is 2.55. The summed E-state index contributed by atoms with van der Waals surface area (Å²) in [6.45, 7) is 4.27. The number of hydrogen-bond acceptors (Lipinski definition) is 3. The summed E-state index contributed by atoms with van der Waals surface area (Å²) < 4.78 is 5.12. The van der Waals surface area contributed by atoms with Crippen LogP contribution in [-0.4, -0.2) is 13.1 Å². The van der Waals surface area contributed by atoms with Crippen LogP contribution in [-0.2, 0) is 12.8 Å². The number of para-hydroxylation sites is 1. The van der Waals surface area contributed by atoms with Crippen LogP contribution in [0.5, 0.6) is 5.75 Å². The Morgan fingerprint density at radius 3 is 2.05 bits per heavy atom. The lowest BCUT2D eigenvalue weighted by Crippen LogP contribution is -1.87. The van der Waals surface area contributed by atoms with Crippen LogP contribution < -0.4 is 4.74 Å². The van der Waals surface area contributed by atoms with Crippen LogP contribution in [0, 0.1) is 0 Å². The highest BCUT2D eigenvalue weighted by molar-refractivity contribution is 5.63. The van der Waals surface area contributed by atoms with Crippen LogP contribution in [0.15, 0.2) is 52.4 Å². The Labute approximate surface area is 126 Å². The Balaban J connectivity index is 2.29. The van der Waals surface area contributed by atoms with Gasteiger partial charge in [-0.1, -0.05) is 32.0 Å². The number of aliphatic imine (C=N–C) groups is 2. The maximum Gasteiger partial charge on any atom is 0.119 e. The van der Waals surface area contributed by atoms with Gasteiger partial charge in [0.1, 0.15) is 11.8 Å². The van der Waals surface area contributed by atoms with Gasteiger partial charge in [0.15, 0.2) is 0 Å². The van der Waals surface area contributed by atoms with Crippen molar-refractivity contribution < 1.29 is 4.74 Å². The minimum atomic E-state index is 0.812. The van der Waals surface area contributed by atoms with Gasteiger partial charge >= 0.3 is 0 Å². The average molecular weight is 280 g/mol. The van der Waals surface area contributed by atoms with Gasteiger partial charge in [-0.05, 0) is 48.2 Å². The molecule has 0 aliphatic rings. The summed E-state index contributed by atoms with van der Waals surface area (Å²) in [6.07, 6.45) is 1.91. The molecule has 0 aromatic heterocycles. The fraction of sp³-hybridized carbons (Fsp3) is 0.278. The van der Waals surface area contributed by atoms with Gasteiger partial charge in [0, 0.05) is 0 Å². The van der Waals surface area contributed by atoms with E-state index in [9.17, 15) is 0 Å². The zero-order chi connectivity index (χ0) is 15.1. The molecule has 0 spiro atoms. The van der Waals surface area contributed by atoms with Crippen LogP contribution in [0.4, 0.5) is 11.4 Å². The first-order chi connectivity index (χ1) is 10.3. The van der Waals surface area contributed by atoms with E-state index in [1.54, 1.807) is 7.11 Å². The second-order valence-electron chi connectivity index (χ2n) is 4.65. The van der Waals surface area contributed by atoms with Gasteiger partial charge in [-0.2, -0.15) is 9.98 Å². The lowest BCUT2D eigenvalue weighted by molar-refractivity contribution is 0.415. The van der Waals surface area contributed by atoms with E-state index in [1.807, 2.05) is 24.3 Å². The standard InChI is InChI=1S/C18H20N2O/c1-4-14-7-6-8-15(5-2)18(14)20-13-19-16-9-11-17(21-3)12-10-16/h6-12H,4-5H2,1-3H3. The molecule has 0 saturated carbocycles. The van der Waals surface area contributed by atoms with Crippen LogP contribution in [0.25, 0.3) is 0 Å². The molecule has 108 valence electrons.